The van der Waals surface area contributed by atoms with Gasteiger partial charge in [-0.15, -0.1) is 0 Å². The Bertz CT molecular complexity index is 488. The fraction of sp³-hybridized carbons (Fsp3) is 0.385. The van der Waals surface area contributed by atoms with Crippen LogP contribution in [0.15, 0.2) is 22.6 Å². The van der Waals surface area contributed by atoms with Crippen LogP contribution < -0.4 is 10.1 Å². The van der Waals surface area contributed by atoms with Gasteiger partial charge in [-0.3, -0.25) is 0 Å². The first-order chi connectivity index (χ1) is 7.80. The monoisotopic (exact) mass is 219 g/mol. The smallest absolute Gasteiger partial charge is 0.138 e. The van der Waals surface area contributed by atoms with Crippen molar-refractivity contribution in [1.29, 1.82) is 0 Å². The lowest BCUT2D eigenvalue weighted by molar-refractivity contribution is 0.414. The van der Waals surface area contributed by atoms with E-state index >= 15 is 0 Å². The van der Waals surface area contributed by atoms with E-state index in [9.17, 15) is 0 Å². The molecule has 1 aromatic carbocycles. The molecule has 2 aromatic rings. The van der Waals surface area contributed by atoms with Gasteiger partial charge in [0.2, 0.25) is 0 Å². The molecule has 1 N–H and O–H groups in total. The molecule has 0 saturated heterocycles. The molecule has 0 radical (unpaired) electrons. The van der Waals surface area contributed by atoms with Crippen LogP contribution in [0.4, 0.5) is 0 Å². The van der Waals surface area contributed by atoms with Gasteiger partial charge in [0, 0.05) is 17.0 Å². The Morgan fingerprint density at radius 2 is 2.19 bits per heavy atom. The van der Waals surface area contributed by atoms with E-state index in [1.807, 2.05) is 19.2 Å². The van der Waals surface area contributed by atoms with Gasteiger partial charge in [-0.05, 0) is 25.6 Å². The minimum Gasteiger partial charge on any atom is -0.497 e. The summed E-state index contributed by atoms with van der Waals surface area (Å²) in [5.41, 5.74) is 2.19. The molecule has 3 heteroatoms. The topological polar surface area (TPSA) is 34.4 Å². The number of nitrogens with one attached hydrogen (secondary N) is 1. The van der Waals surface area contributed by atoms with E-state index in [4.69, 9.17) is 9.15 Å². The van der Waals surface area contributed by atoms with Crippen LogP contribution >= 0.6 is 0 Å². The summed E-state index contributed by atoms with van der Waals surface area (Å²) in [6.07, 6.45) is 0.982. The van der Waals surface area contributed by atoms with Gasteiger partial charge in [0.05, 0.1) is 13.7 Å². The lowest BCUT2D eigenvalue weighted by Gasteiger charge is -1.98. The molecule has 0 aliphatic rings. The maximum Gasteiger partial charge on any atom is 0.138 e. The van der Waals surface area contributed by atoms with Crippen LogP contribution in [-0.2, 0) is 13.0 Å². The van der Waals surface area contributed by atoms with Gasteiger partial charge in [-0.2, -0.15) is 0 Å². The van der Waals surface area contributed by atoms with Crippen molar-refractivity contribution < 1.29 is 9.15 Å². The summed E-state index contributed by atoms with van der Waals surface area (Å²) in [7, 11) is 3.59. The lowest BCUT2D eigenvalue weighted by Crippen LogP contribution is -2.05. The molecule has 16 heavy (non-hydrogen) atoms. The molecule has 3 nitrogen and oxygen atoms in total. The highest BCUT2D eigenvalue weighted by Gasteiger charge is 2.12. The van der Waals surface area contributed by atoms with Gasteiger partial charge >= 0.3 is 0 Å². The molecule has 1 heterocycles. The summed E-state index contributed by atoms with van der Waals surface area (Å²) in [6, 6.07) is 5.98. The Labute approximate surface area is 95.4 Å². The third kappa shape index (κ3) is 1.78. The standard InChI is InChI=1S/C13H17NO2/c1-4-10-11-6-5-9(15-3)7-12(11)16-13(10)8-14-2/h5-7,14H,4,8H2,1-3H3. The first-order valence-corrected chi connectivity index (χ1v) is 5.53. The second-order valence-corrected chi connectivity index (χ2v) is 3.75. The van der Waals surface area contributed by atoms with Gasteiger partial charge in [-0.25, -0.2) is 0 Å². The Morgan fingerprint density at radius 3 is 2.81 bits per heavy atom. The minimum absolute atomic E-state index is 0.764. The zero-order chi connectivity index (χ0) is 11.5. The number of furan rings is 1. The average molecular weight is 219 g/mol. The zero-order valence-electron chi connectivity index (χ0n) is 9.96. The van der Waals surface area contributed by atoms with Gasteiger partial charge in [0.15, 0.2) is 0 Å². The van der Waals surface area contributed by atoms with Crippen molar-refractivity contribution in [3.8, 4) is 5.75 Å². The molecule has 0 atom stereocenters. The van der Waals surface area contributed by atoms with Gasteiger partial charge in [0.1, 0.15) is 17.1 Å². The van der Waals surface area contributed by atoms with Gasteiger partial charge in [0.25, 0.3) is 0 Å². The van der Waals surface area contributed by atoms with Crippen LogP contribution in [0.25, 0.3) is 11.0 Å². The van der Waals surface area contributed by atoms with E-state index in [1.54, 1.807) is 7.11 Å². The van der Waals surface area contributed by atoms with Crippen molar-refractivity contribution in [3.05, 3.63) is 29.5 Å². The van der Waals surface area contributed by atoms with Crippen molar-refractivity contribution >= 4 is 11.0 Å². The predicted molar refractivity (Wildman–Crippen MR) is 64.9 cm³/mol. The van der Waals surface area contributed by atoms with Crippen LogP contribution in [-0.4, -0.2) is 14.2 Å². The quantitative estimate of drug-likeness (QED) is 0.858. The van der Waals surface area contributed by atoms with E-state index in [1.165, 1.54) is 10.9 Å². The van der Waals surface area contributed by atoms with Crippen LogP contribution in [0.2, 0.25) is 0 Å². The van der Waals surface area contributed by atoms with Gasteiger partial charge < -0.3 is 14.5 Å². The second kappa shape index (κ2) is 4.58. The predicted octanol–water partition coefficient (Wildman–Crippen LogP) is 2.72. The number of ether oxygens (including phenoxy) is 1. The maximum atomic E-state index is 5.83. The minimum atomic E-state index is 0.764. The number of hydrogen-bond donors (Lipinski definition) is 1. The molecule has 0 aliphatic heterocycles. The molecule has 0 fully saturated rings. The fourth-order valence-electron chi connectivity index (χ4n) is 2.00. The van der Waals surface area contributed by atoms with Crippen LogP contribution in [0.5, 0.6) is 5.75 Å². The molecule has 0 amide bonds. The number of methoxy groups -OCH3 is 1. The summed E-state index contributed by atoms with van der Waals surface area (Å²) in [6.45, 7) is 2.91. The number of fused-ring (bicyclic) bond motifs is 1. The summed E-state index contributed by atoms with van der Waals surface area (Å²) in [4.78, 5) is 0. The Morgan fingerprint density at radius 1 is 1.38 bits per heavy atom. The average Bonchev–Trinajstić information content (AvgIpc) is 2.65. The van der Waals surface area contributed by atoms with Crippen molar-refractivity contribution in [2.45, 2.75) is 19.9 Å². The molecule has 0 bridgehead atoms. The maximum absolute atomic E-state index is 5.83. The molecule has 86 valence electrons. The molecule has 0 saturated carbocycles. The number of aryl methyl sites for hydroxylation is 1. The number of rotatable bonds is 4. The molecular weight excluding hydrogens is 202 g/mol. The summed E-state index contributed by atoms with van der Waals surface area (Å²) < 4.78 is 11.0. The Kier molecular flexibility index (Phi) is 3.15. The Hall–Kier alpha value is -1.48. The Balaban J connectivity index is 2.57. The van der Waals surface area contributed by atoms with Crippen LogP contribution in [0.1, 0.15) is 18.2 Å². The van der Waals surface area contributed by atoms with Crippen molar-refractivity contribution in [2.24, 2.45) is 0 Å². The molecule has 1 aromatic heterocycles. The summed E-state index contributed by atoms with van der Waals surface area (Å²) in [5, 5.41) is 4.31. The van der Waals surface area contributed by atoms with Crippen LogP contribution in [0.3, 0.4) is 0 Å². The highest BCUT2D eigenvalue weighted by atomic mass is 16.5. The first-order valence-electron chi connectivity index (χ1n) is 5.53. The third-order valence-corrected chi connectivity index (χ3v) is 2.77. The number of hydrogen-bond acceptors (Lipinski definition) is 3. The lowest BCUT2D eigenvalue weighted by atomic mass is 10.1. The van der Waals surface area contributed by atoms with E-state index in [-0.39, 0.29) is 0 Å². The van der Waals surface area contributed by atoms with E-state index in [0.717, 1.165) is 30.1 Å². The highest BCUT2D eigenvalue weighted by molar-refractivity contribution is 5.83. The zero-order valence-corrected chi connectivity index (χ0v) is 9.96. The fourth-order valence-corrected chi connectivity index (χ4v) is 2.00. The van der Waals surface area contributed by atoms with Crippen molar-refractivity contribution in [3.63, 3.8) is 0 Å². The van der Waals surface area contributed by atoms with E-state index in [2.05, 4.69) is 18.3 Å². The third-order valence-electron chi connectivity index (χ3n) is 2.77. The molecular formula is C13H17NO2. The number of benzene rings is 1. The molecule has 0 spiro atoms. The molecule has 0 aliphatic carbocycles. The normalized spacial score (nSPS) is 10.9. The second-order valence-electron chi connectivity index (χ2n) is 3.75. The van der Waals surface area contributed by atoms with Crippen molar-refractivity contribution in [1.82, 2.24) is 5.32 Å². The molecule has 2 rings (SSSR count). The summed E-state index contributed by atoms with van der Waals surface area (Å²) >= 11 is 0. The van der Waals surface area contributed by atoms with Crippen molar-refractivity contribution in [2.75, 3.05) is 14.2 Å². The molecule has 0 unspecified atom stereocenters. The SMILES string of the molecule is CCc1c(CNC)oc2cc(OC)ccc12. The largest absolute Gasteiger partial charge is 0.497 e. The van der Waals surface area contributed by atoms with E-state index < -0.39 is 0 Å². The highest BCUT2D eigenvalue weighted by Crippen LogP contribution is 2.29. The van der Waals surface area contributed by atoms with Gasteiger partial charge in [-0.1, -0.05) is 6.92 Å². The summed E-state index contributed by atoms with van der Waals surface area (Å²) in [5.74, 6) is 1.85. The first kappa shape index (κ1) is 11.0. The van der Waals surface area contributed by atoms with Crippen LogP contribution in [0, 0.1) is 0 Å². The van der Waals surface area contributed by atoms with E-state index in [0.29, 0.717) is 0 Å².